The van der Waals surface area contributed by atoms with Crippen molar-refractivity contribution in [1.29, 1.82) is 0 Å². The van der Waals surface area contributed by atoms with E-state index in [1.807, 2.05) is 13.8 Å². The molecular formula is C22H20F3N7O3. The molecule has 2 N–H and O–H groups in total. The average Bonchev–Trinajstić information content (AvgIpc) is 3.34. The first-order valence-electron chi connectivity index (χ1n) is 10.5. The van der Waals surface area contributed by atoms with Crippen LogP contribution in [0, 0.1) is 6.92 Å². The summed E-state index contributed by atoms with van der Waals surface area (Å²) in [4.78, 5) is 47.7. The summed E-state index contributed by atoms with van der Waals surface area (Å²) in [6, 6.07) is 3.62. The van der Waals surface area contributed by atoms with Crippen LogP contribution in [0.15, 0.2) is 41.6 Å². The minimum absolute atomic E-state index is 0.0424. The topological polar surface area (TPSA) is 128 Å². The number of fused-ring (bicyclic) bond motifs is 1. The first-order valence-corrected chi connectivity index (χ1v) is 10.5. The molecule has 0 radical (unpaired) electrons. The van der Waals surface area contributed by atoms with Gasteiger partial charge >= 0.3 is 11.9 Å². The molecule has 0 aliphatic carbocycles. The molecule has 1 amide bonds. The number of ketones is 1. The van der Waals surface area contributed by atoms with Crippen LogP contribution in [0.25, 0.3) is 11.0 Å². The minimum atomic E-state index is -4.62. The van der Waals surface area contributed by atoms with Crippen molar-refractivity contribution in [3.8, 4) is 0 Å². The number of alkyl halides is 3. The van der Waals surface area contributed by atoms with E-state index in [4.69, 9.17) is 0 Å². The SMILES string of the molecule is Cc1cc(C(F)(F)F)nn1CC(=O)Nc1cc(C(=O)c2cn(C(C)C)c3[nH]c(=O)ncc23)ccn1. The molecule has 13 heteroatoms. The van der Waals surface area contributed by atoms with Gasteiger partial charge in [-0.2, -0.15) is 18.3 Å². The van der Waals surface area contributed by atoms with E-state index in [0.717, 1.165) is 10.7 Å². The molecule has 4 rings (SSSR count). The second-order valence-corrected chi connectivity index (χ2v) is 8.13. The molecule has 0 saturated heterocycles. The van der Waals surface area contributed by atoms with Gasteiger partial charge in [0.15, 0.2) is 11.5 Å². The average molecular weight is 487 g/mol. The Morgan fingerprint density at radius 1 is 1.20 bits per heavy atom. The Labute approximate surface area is 195 Å². The second-order valence-electron chi connectivity index (χ2n) is 8.13. The lowest BCUT2D eigenvalue weighted by Crippen LogP contribution is -2.21. The Balaban J connectivity index is 1.57. The highest BCUT2D eigenvalue weighted by atomic mass is 19.4. The monoisotopic (exact) mass is 487 g/mol. The standard InChI is InChI=1S/C22H20F3N7O3/c1-11(2)31-9-15(14-8-27-21(35)29-20(14)31)19(34)13-4-5-26-17(7-13)28-18(33)10-32-12(3)6-16(30-32)22(23,24)25/h4-9,11H,10H2,1-3H3,(H,26,28,33)(H,27,29,35). The smallest absolute Gasteiger partial charge is 0.331 e. The number of hydrogen-bond acceptors (Lipinski definition) is 6. The zero-order valence-corrected chi connectivity index (χ0v) is 18.8. The molecule has 0 aromatic carbocycles. The van der Waals surface area contributed by atoms with Crippen molar-refractivity contribution in [3.63, 3.8) is 0 Å². The molecule has 0 saturated carbocycles. The van der Waals surface area contributed by atoms with Crippen LogP contribution in [-0.2, 0) is 17.5 Å². The third kappa shape index (κ3) is 4.83. The summed E-state index contributed by atoms with van der Waals surface area (Å²) >= 11 is 0. The van der Waals surface area contributed by atoms with E-state index in [-0.39, 0.29) is 28.9 Å². The third-order valence-electron chi connectivity index (χ3n) is 5.26. The zero-order valence-electron chi connectivity index (χ0n) is 18.8. The van der Waals surface area contributed by atoms with Crippen molar-refractivity contribution in [2.75, 3.05) is 5.32 Å². The summed E-state index contributed by atoms with van der Waals surface area (Å²) in [6.45, 7) is 4.72. The van der Waals surface area contributed by atoms with Gasteiger partial charge < -0.3 is 9.88 Å². The molecule has 182 valence electrons. The molecule has 10 nitrogen and oxygen atoms in total. The van der Waals surface area contributed by atoms with Crippen molar-refractivity contribution in [2.45, 2.75) is 39.5 Å². The first kappa shape index (κ1) is 23.9. The van der Waals surface area contributed by atoms with E-state index < -0.39 is 30.0 Å². The Morgan fingerprint density at radius 2 is 1.94 bits per heavy atom. The predicted octanol–water partition coefficient (Wildman–Crippen LogP) is 3.09. The molecule has 0 aliphatic rings. The molecule has 4 aromatic rings. The van der Waals surface area contributed by atoms with Crippen LogP contribution >= 0.6 is 0 Å². The molecule has 4 aromatic heterocycles. The van der Waals surface area contributed by atoms with Gasteiger partial charge in [0.05, 0.1) is 5.56 Å². The number of carbonyl (C=O) groups is 2. The quantitative estimate of drug-likeness (QED) is 0.403. The number of aromatic nitrogens is 6. The number of amides is 1. The summed E-state index contributed by atoms with van der Waals surface area (Å²) in [5, 5.41) is 6.35. The number of aromatic amines is 1. The number of hydrogen-bond donors (Lipinski definition) is 2. The van der Waals surface area contributed by atoms with Crippen LogP contribution in [0.4, 0.5) is 19.0 Å². The Morgan fingerprint density at radius 3 is 2.60 bits per heavy atom. The maximum absolute atomic E-state index is 13.3. The Kier molecular flexibility index (Phi) is 6.01. The number of rotatable bonds is 6. The van der Waals surface area contributed by atoms with E-state index in [2.05, 4.69) is 25.4 Å². The Bertz CT molecular complexity index is 1500. The summed E-state index contributed by atoms with van der Waals surface area (Å²) in [7, 11) is 0. The number of halogens is 3. The summed E-state index contributed by atoms with van der Waals surface area (Å²) in [5.74, 6) is -1.01. The number of aryl methyl sites for hydroxylation is 1. The maximum Gasteiger partial charge on any atom is 0.435 e. The van der Waals surface area contributed by atoms with Gasteiger partial charge in [-0.1, -0.05) is 0 Å². The van der Waals surface area contributed by atoms with Crippen LogP contribution in [0.1, 0.15) is 47.2 Å². The highest BCUT2D eigenvalue weighted by Gasteiger charge is 2.34. The number of nitrogens with one attached hydrogen (secondary N) is 2. The van der Waals surface area contributed by atoms with Crippen LogP contribution in [0.2, 0.25) is 0 Å². The van der Waals surface area contributed by atoms with Gasteiger partial charge in [0, 0.05) is 41.3 Å². The van der Waals surface area contributed by atoms with Crippen LogP contribution in [0.5, 0.6) is 0 Å². The normalized spacial score (nSPS) is 11.9. The molecule has 0 aliphatic heterocycles. The van der Waals surface area contributed by atoms with E-state index >= 15 is 0 Å². The fraction of sp³-hybridized carbons (Fsp3) is 0.273. The summed E-state index contributed by atoms with van der Waals surface area (Å²) < 4.78 is 41.2. The predicted molar refractivity (Wildman–Crippen MR) is 119 cm³/mol. The summed E-state index contributed by atoms with van der Waals surface area (Å²) in [5.41, 5.74) is -0.506. The van der Waals surface area contributed by atoms with E-state index in [9.17, 15) is 27.6 Å². The number of pyridine rings is 1. The molecule has 35 heavy (non-hydrogen) atoms. The van der Waals surface area contributed by atoms with E-state index in [1.165, 1.54) is 31.5 Å². The fourth-order valence-corrected chi connectivity index (χ4v) is 3.57. The number of nitrogens with zero attached hydrogens (tertiary/aromatic N) is 5. The minimum Gasteiger partial charge on any atom is -0.331 e. The maximum atomic E-state index is 13.3. The second kappa shape index (κ2) is 8.81. The van der Waals surface area contributed by atoms with Gasteiger partial charge in [-0.15, -0.1) is 0 Å². The van der Waals surface area contributed by atoms with Crippen molar-refractivity contribution in [1.82, 2.24) is 29.3 Å². The van der Waals surface area contributed by atoms with E-state index in [0.29, 0.717) is 16.6 Å². The molecule has 0 atom stereocenters. The fourth-order valence-electron chi connectivity index (χ4n) is 3.57. The van der Waals surface area contributed by atoms with Gasteiger partial charge in [0.2, 0.25) is 5.91 Å². The van der Waals surface area contributed by atoms with Gasteiger partial charge in [0.25, 0.3) is 0 Å². The van der Waals surface area contributed by atoms with Crippen molar-refractivity contribution < 1.29 is 22.8 Å². The lowest BCUT2D eigenvalue weighted by Gasteiger charge is -2.08. The van der Waals surface area contributed by atoms with Crippen LogP contribution in [-0.4, -0.2) is 41.0 Å². The molecular weight excluding hydrogens is 467 g/mol. The third-order valence-corrected chi connectivity index (χ3v) is 5.26. The molecule has 0 spiro atoms. The zero-order chi connectivity index (χ0) is 25.5. The summed E-state index contributed by atoms with van der Waals surface area (Å²) in [6.07, 6.45) is -0.353. The van der Waals surface area contributed by atoms with Gasteiger partial charge in [-0.3, -0.25) is 19.3 Å². The van der Waals surface area contributed by atoms with Gasteiger partial charge in [-0.25, -0.2) is 14.8 Å². The molecule has 0 bridgehead atoms. The van der Waals surface area contributed by atoms with E-state index in [1.54, 1.807) is 10.8 Å². The van der Waals surface area contributed by atoms with Crippen molar-refractivity contribution in [2.24, 2.45) is 0 Å². The van der Waals surface area contributed by atoms with Crippen molar-refractivity contribution >= 4 is 28.5 Å². The lowest BCUT2D eigenvalue weighted by molar-refractivity contribution is -0.141. The van der Waals surface area contributed by atoms with Gasteiger partial charge in [-0.05, 0) is 39.0 Å². The Hall–Kier alpha value is -4.29. The largest absolute Gasteiger partial charge is 0.435 e. The van der Waals surface area contributed by atoms with Crippen LogP contribution in [0.3, 0.4) is 0 Å². The van der Waals surface area contributed by atoms with Gasteiger partial charge in [0.1, 0.15) is 18.0 Å². The number of carbonyl (C=O) groups excluding carboxylic acids is 2. The highest BCUT2D eigenvalue weighted by Crippen LogP contribution is 2.28. The molecule has 0 fully saturated rings. The molecule has 0 unspecified atom stereocenters. The first-order chi connectivity index (χ1) is 16.4. The highest BCUT2D eigenvalue weighted by molar-refractivity contribution is 6.16. The number of H-pyrrole nitrogens is 1. The lowest BCUT2D eigenvalue weighted by atomic mass is 10.1. The van der Waals surface area contributed by atoms with Crippen LogP contribution < -0.4 is 11.0 Å². The molecule has 4 heterocycles. The van der Waals surface area contributed by atoms with Crippen molar-refractivity contribution in [3.05, 3.63) is 69.8 Å². The number of anilines is 1.